The van der Waals surface area contributed by atoms with Crippen LogP contribution in [0.15, 0.2) is 78.9 Å². The van der Waals surface area contributed by atoms with Gasteiger partial charge in [0.15, 0.2) is 0 Å². The van der Waals surface area contributed by atoms with Crippen LogP contribution in [0.3, 0.4) is 0 Å². The summed E-state index contributed by atoms with van der Waals surface area (Å²) in [7, 11) is 0. The molecule has 2 amide bonds. The molecule has 5 heteroatoms. The predicted octanol–water partition coefficient (Wildman–Crippen LogP) is 6.29. The van der Waals surface area contributed by atoms with Crippen molar-refractivity contribution in [2.45, 2.75) is 50.9 Å². The summed E-state index contributed by atoms with van der Waals surface area (Å²) in [6, 6.07) is 26.3. The Kier molecular flexibility index (Phi) is 7.66. The molecule has 1 aliphatic rings. The topological polar surface area (TPSA) is 49.4 Å². The summed E-state index contributed by atoms with van der Waals surface area (Å²) < 4.78 is 0. The van der Waals surface area contributed by atoms with Crippen LogP contribution in [0.25, 0.3) is 0 Å². The quantitative estimate of drug-likeness (QED) is 0.427. The number of benzene rings is 3. The van der Waals surface area contributed by atoms with Gasteiger partial charge in [0.1, 0.15) is 5.37 Å². The number of thioether (sulfide) groups is 1. The van der Waals surface area contributed by atoms with Gasteiger partial charge in [-0.15, -0.1) is 11.8 Å². The van der Waals surface area contributed by atoms with Crippen molar-refractivity contribution in [3.05, 3.63) is 107 Å². The van der Waals surface area contributed by atoms with Gasteiger partial charge in [-0.3, -0.25) is 9.59 Å². The molecule has 35 heavy (non-hydrogen) atoms. The second kappa shape index (κ2) is 10.7. The molecule has 0 bridgehead atoms. The maximum atomic E-state index is 12.9. The van der Waals surface area contributed by atoms with E-state index in [0.717, 1.165) is 17.5 Å². The largest absolute Gasteiger partial charge is 0.346 e. The Hall–Kier alpha value is -3.05. The molecule has 0 aromatic heterocycles. The number of carbonyl (C=O) groups is 2. The SMILES string of the molecule is CC(NC(=O)c1ccc(C2SCC(=O)N2CCc2ccccc2)cc1)c1ccc(C(C)(C)C)cc1. The summed E-state index contributed by atoms with van der Waals surface area (Å²) in [6.07, 6.45) is 0.832. The lowest BCUT2D eigenvalue weighted by Crippen LogP contribution is -2.30. The van der Waals surface area contributed by atoms with E-state index in [4.69, 9.17) is 0 Å². The van der Waals surface area contributed by atoms with E-state index in [2.05, 4.69) is 62.5 Å². The number of amides is 2. The summed E-state index contributed by atoms with van der Waals surface area (Å²) in [5.41, 5.74) is 5.36. The van der Waals surface area contributed by atoms with Gasteiger partial charge in [-0.05, 0) is 53.1 Å². The average molecular weight is 487 g/mol. The molecule has 0 radical (unpaired) electrons. The highest BCUT2D eigenvalue weighted by Gasteiger charge is 2.32. The summed E-state index contributed by atoms with van der Waals surface area (Å²) in [4.78, 5) is 27.4. The van der Waals surface area contributed by atoms with Gasteiger partial charge in [-0.1, -0.05) is 87.5 Å². The fraction of sp³-hybridized carbons (Fsp3) is 0.333. The highest BCUT2D eigenvalue weighted by molar-refractivity contribution is 8.00. The standard InChI is InChI=1S/C30H34N2O2S/c1-21(23-14-16-26(17-15-23)30(2,3)4)31-28(34)24-10-12-25(13-11-24)29-32(27(33)20-35-29)19-18-22-8-6-5-7-9-22/h5-17,21,29H,18-20H2,1-4H3,(H,31,34). The molecule has 1 N–H and O–H groups in total. The Morgan fingerprint density at radius 3 is 2.29 bits per heavy atom. The summed E-state index contributed by atoms with van der Waals surface area (Å²) >= 11 is 1.65. The smallest absolute Gasteiger partial charge is 0.251 e. The van der Waals surface area contributed by atoms with Gasteiger partial charge in [0.25, 0.3) is 5.91 Å². The predicted molar refractivity (Wildman–Crippen MR) is 145 cm³/mol. The Balaban J connectivity index is 1.38. The van der Waals surface area contributed by atoms with Crippen molar-refractivity contribution in [2.75, 3.05) is 12.3 Å². The van der Waals surface area contributed by atoms with E-state index in [9.17, 15) is 9.59 Å². The van der Waals surface area contributed by atoms with Crippen LogP contribution in [0.2, 0.25) is 0 Å². The normalized spacial score (nSPS) is 16.9. The number of nitrogens with zero attached hydrogens (tertiary/aromatic N) is 1. The van der Waals surface area contributed by atoms with E-state index in [-0.39, 0.29) is 28.6 Å². The van der Waals surface area contributed by atoms with E-state index in [1.165, 1.54) is 11.1 Å². The van der Waals surface area contributed by atoms with Crippen molar-refractivity contribution in [2.24, 2.45) is 0 Å². The van der Waals surface area contributed by atoms with Crippen molar-refractivity contribution in [3.8, 4) is 0 Å². The van der Waals surface area contributed by atoms with Crippen LogP contribution in [-0.2, 0) is 16.6 Å². The molecule has 4 rings (SSSR count). The molecular weight excluding hydrogens is 452 g/mol. The molecule has 1 fully saturated rings. The molecule has 0 spiro atoms. The fourth-order valence-electron chi connectivity index (χ4n) is 4.30. The number of hydrogen-bond donors (Lipinski definition) is 1. The summed E-state index contributed by atoms with van der Waals surface area (Å²) in [6.45, 7) is 9.27. The molecular formula is C30H34N2O2S. The molecule has 182 valence electrons. The van der Waals surface area contributed by atoms with E-state index < -0.39 is 0 Å². The van der Waals surface area contributed by atoms with Crippen molar-refractivity contribution in [3.63, 3.8) is 0 Å². The maximum Gasteiger partial charge on any atom is 0.251 e. The zero-order chi connectivity index (χ0) is 25.0. The maximum absolute atomic E-state index is 12.9. The molecule has 3 aromatic carbocycles. The lowest BCUT2D eigenvalue weighted by Gasteiger charge is -2.24. The Bertz CT molecular complexity index is 1150. The van der Waals surface area contributed by atoms with E-state index in [1.54, 1.807) is 11.8 Å². The summed E-state index contributed by atoms with van der Waals surface area (Å²) in [5, 5.41) is 3.09. The van der Waals surface area contributed by atoms with Gasteiger partial charge in [0.2, 0.25) is 5.91 Å². The van der Waals surface area contributed by atoms with E-state index in [0.29, 0.717) is 17.9 Å². The molecule has 1 aliphatic heterocycles. The average Bonchev–Trinajstić information content (AvgIpc) is 3.23. The fourth-order valence-corrected chi connectivity index (χ4v) is 5.52. The Morgan fingerprint density at radius 1 is 1.00 bits per heavy atom. The molecule has 2 unspecified atom stereocenters. The number of hydrogen-bond acceptors (Lipinski definition) is 3. The third kappa shape index (κ3) is 6.15. The third-order valence-electron chi connectivity index (χ3n) is 6.53. The number of nitrogens with one attached hydrogen (secondary N) is 1. The first-order valence-corrected chi connectivity index (χ1v) is 13.2. The van der Waals surface area contributed by atoms with Crippen LogP contribution in [0.1, 0.15) is 71.7 Å². The summed E-state index contributed by atoms with van der Waals surface area (Å²) in [5.74, 6) is 0.566. The van der Waals surface area contributed by atoms with Gasteiger partial charge in [-0.2, -0.15) is 0 Å². The van der Waals surface area contributed by atoms with Crippen LogP contribution in [0.4, 0.5) is 0 Å². The number of carbonyl (C=O) groups excluding carboxylic acids is 2. The first-order chi connectivity index (χ1) is 16.7. The van der Waals surface area contributed by atoms with Gasteiger partial charge >= 0.3 is 0 Å². The minimum Gasteiger partial charge on any atom is -0.346 e. The van der Waals surface area contributed by atoms with Crippen molar-refractivity contribution in [1.29, 1.82) is 0 Å². The molecule has 4 nitrogen and oxygen atoms in total. The molecule has 0 saturated carbocycles. The van der Waals surface area contributed by atoms with Crippen molar-refractivity contribution < 1.29 is 9.59 Å². The lowest BCUT2D eigenvalue weighted by atomic mass is 9.86. The second-order valence-corrected chi connectivity index (χ2v) is 11.2. The van der Waals surface area contributed by atoms with Gasteiger partial charge < -0.3 is 10.2 Å². The minimum atomic E-state index is -0.0972. The van der Waals surface area contributed by atoms with Crippen molar-refractivity contribution in [1.82, 2.24) is 10.2 Å². The molecule has 1 saturated heterocycles. The van der Waals surface area contributed by atoms with Gasteiger partial charge in [0.05, 0.1) is 11.8 Å². The van der Waals surface area contributed by atoms with E-state index in [1.807, 2.05) is 54.3 Å². The number of rotatable bonds is 7. The van der Waals surface area contributed by atoms with Crippen LogP contribution in [0, 0.1) is 0 Å². The highest BCUT2D eigenvalue weighted by Crippen LogP contribution is 2.38. The lowest BCUT2D eigenvalue weighted by molar-refractivity contribution is -0.128. The first-order valence-electron chi connectivity index (χ1n) is 12.2. The molecule has 2 atom stereocenters. The first kappa shape index (κ1) is 25.1. The Morgan fingerprint density at radius 2 is 1.66 bits per heavy atom. The van der Waals surface area contributed by atoms with Crippen LogP contribution in [-0.4, -0.2) is 29.0 Å². The van der Waals surface area contributed by atoms with Crippen molar-refractivity contribution >= 4 is 23.6 Å². The highest BCUT2D eigenvalue weighted by atomic mass is 32.2. The monoisotopic (exact) mass is 486 g/mol. The minimum absolute atomic E-state index is 0.0106. The zero-order valence-electron chi connectivity index (χ0n) is 21.0. The molecule has 3 aromatic rings. The molecule has 1 heterocycles. The van der Waals surface area contributed by atoms with Gasteiger partial charge in [0, 0.05) is 12.1 Å². The third-order valence-corrected chi connectivity index (χ3v) is 7.79. The van der Waals surface area contributed by atoms with Crippen LogP contribution < -0.4 is 5.32 Å². The van der Waals surface area contributed by atoms with Crippen LogP contribution in [0.5, 0.6) is 0 Å². The van der Waals surface area contributed by atoms with Crippen LogP contribution >= 0.6 is 11.8 Å². The van der Waals surface area contributed by atoms with E-state index >= 15 is 0 Å². The Labute approximate surface area is 213 Å². The zero-order valence-corrected chi connectivity index (χ0v) is 21.8. The molecule has 0 aliphatic carbocycles. The van der Waals surface area contributed by atoms with Gasteiger partial charge in [-0.25, -0.2) is 0 Å². The second-order valence-electron chi connectivity index (χ2n) is 10.2.